The molecule has 14 heavy (non-hydrogen) atoms. The number of carbonyl (C=O) groups excluding carboxylic acids is 1. The average molecular weight is 230 g/mol. The van der Waals surface area contributed by atoms with Crippen LogP contribution in [-0.4, -0.2) is 11.0 Å². The van der Waals surface area contributed by atoms with Gasteiger partial charge in [0.25, 0.3) is 0 Å². The highest BCUT2D eigenvalue weighted by molar-refractivity contribution is 8.76. The van der Waals surface area contributed by atoms with E-state index in [2.05, 4.69) is 0 Å². The third kappa shape index (κ3) is 3.80. The molecule has 1 rings (SSSR count). The Labute approximate surface area is 92.2 Å². The summed E-state index contributed by atoms with van der Waals surface area (Å²) in [6.45, 7) is 3.85. The molecule has 1 aromatic rings. The first kappa shape index (κ1) is 11.7. The summed E-state index contributed by atoms with van der Waals surface area (Å²) in [5.41, 5.74) is 0. The van der Waals surface area contributed by atoms with Gasteiger partial charge in [-0.15, -0.1) is 0 Å². The first-order chi connectivity index (χ1) is 6.74. The van der Waals surface area contributed by atoms with Crippen molar-refractivity contribution in [3.05, 3.63) is 24.2 Å². The molecule has 78 valence electrons. The number of hydrogen-bond acceptors (Lipinski definition) is 4. The molecule has 0 saturated heterocycles. The summed E-state index contributed by atoms with van der Waals surface area (Å²) in [7, 11) is 3.28. The highest BCUT2D eigenvalue weighted by Crippen LogP contribution is 2.30. The minimum Gasteiger partial charge on any atom is -0.468 e. The van der Waals surface area contributed by atoms with Crippen molar-refractivity contribution in [1.82, 2.24) is 0 Å². The Morgan fingerprint density at radius 1 is 1.64 bits per heavy atom. The van der Waals surface area contributed by atoms with Crippen LogP contribution < -0.4 is 0 Å². The second-order valence-electron chi connectivity index (χ2n) is 2.90. The van der Waals surface area contributed by atoms with Crippen LogP contribution in [0.1, 0.15) is 26.0 Å². The maximum absolute atomic E-state index is 11.2. The predicted octanol–water partition coefficient (Wildman–Crippen LogP) is 3.53. The van der Waals surface area contributed by atoms with Crippen molar-refractivity contribution in [3.8, 4) is 0 Å². The molecule has 0 spiro atoms. The Hall–Kier alpha value is -0.350. The van der Waals surface area contributed by atoms with Gasteiger partial charge in [-0.25, -0.2) is 0 Å². The molecular weight excluding hydrogens is 216 g/mol. The average Bonchev–Trinajstić information content (AvgIpc) is 2.69. The van der Waals surface area contributed by atoms with Crippen LogP contribution in [0, 0.1) is 0 Å². The maximum atomic E-state index is 11.2. The number of furan rings is 1. The molecule has 1 atom stereocenters. The van der Waals surface area contributed by atoms with E-state index in [1.165, 1.54) is 0 Å². The van der Waals surface area contributed by atoms with Gasteiger partial charge in [0.05, 0.1) is 17.3 Å². The molecule has 0 aliphatic rings. The van der Waals surface area contributed by atoms with E-state index in [9.17, 15) is 4.79 Å². The Bertz CT molecular complexity index is 270. The van der Waals surface area contributed by atoms with Crippen molar-refractivity contribution in [2.45, 2.75) is 31.3 Å². The third-order valence-electron chi connectivity index (χ3n) is 1.80. The molecule has 0 saturated carbocycles. The normalized spacial score (nSPS) is 12.7. The number of Topliss-reactive ketones (excluding diaryl/α,β-unsaturated/α-hetero) is 1. The van der Waals surface area contributed by atoms with Gasteiger partial charge in [-0.3, -0.25) is 4.79 Å². The van der Waals surface area contributed by atoms with E-state index < -0.39 is 0 Å². The van der Waals surface area contributed by atoms with Crippen LogP contribution in [0.3, 0.4) is 0 Å². The van der Waals surface area contributed by atoms with Crippen LogP contribution >= 0.6 is 21.6 Å². The van der Waals surface area contributed by atoms with E-state index in [1.807, 2.05) is 26.0 Å². The van der Waals surface area contributed by atoms with Crippen molar-refractivity contribution >= 4 is 27.4 Å². The fraction of sp³-hybridized carbons (Fsp3) is 0.500. The lowest BCUT2D eigenvalue weighted by atomic mass is 10.2. The van der Waals surface area contributed by atoms with Gasteiger partial charge in [-0.2, -0.15) is 0 Å². The Kier molecular flexibility index (Phi) is 5.19. The Morgan fingerprint density at radius 2 is 2.43 bits per heavy atom. The van der Waals surface area contributed by atoms with Gasteiger partial charge in [-0.1, -0.05) is 28.5 Å². The van der Waals surface area contributed by atoms with Crippen LogP contribution in [0.15, 0.2) is 22.8 Å². The molecule has 1 aromatic heterocycles. The molecule has 0 amide bonds. The summed E-state index contributed by atoms with van der Waals surface area (Å²) in [6.07, 6.45) is 2.29. The molecule has 4 heteroatoms. The minimum atomic E-state index is 0.0833. The van der Waals surface area contributed by atoms with E-state index >= 15 is 0 Å². The molecule has 1 heterocycles. The predicted molar refractivity (Wildman–Crippen MR) is 62.4 cm³/mol. The summed E-state index contributed by atoms with van der Waals surface area (Å²) >= 11 is 0. The highest BCUT2D eigenvalue weighted by Gasteiger charge is 2.11. The number of hydrogen-bond donors (Lipinski definition) is 0. The molecule has 1 unspecified atom stereocenters. The molecule has 0 radical (unpaired) electrons. The maximum Gasteiger partial charge on any atom is 0.146 e. The molecule has 2 nitrogen and oxygen atoms in total. The lowest BCUT2D eigenvalue weighted by molar-refractivity contribution is -0.117. The summed E-state index contributed by atoms with van der Waals surface area (Å²) in [6, 6.07) is 3.82. The van der Waals surface area contributed by atoms with Gasteiger partial charge in [0.2, 0.25) is 0 Å². The van der Waals surface area contributed by atoms with E-state index in [-0.39, 0.29) is 5.25 Å². The lowest BCUT2D eigenvalue weighted by Gasteiger charge is -2.06. The molecular formula is C10H14O2S2. The van der Waals surface area contributed by atoms with Crippen molar-refractivity contribution in [2.75, 3.05) is 0 Å². The number of rotatable bonds is 6. The van der Waals surface area contributed by atoms with Crippen molar-refractivity contribution in [1.29, 1.82) is 0 Å². The number of carbonyl (C=O) groups is 1. The topological polar surface area (TPSA) is 30.2 Å². The van der Waals surface area contributed by atoms with Crippen LogP contribution in [0.2, 0.25) is 0 Å². The van der Waals surface area contributed by atoms with Gasteiger partial charge < -0.3 is 4.42 Å². The molecule has 0 aromatic carbocycles. The highest BCUT2D eigenvalue weighted by atomic mass is 33.1. The van der Waals surface area contributed by atoms with Crippen molar-refractivity contribution < 1.29 is 9.21 Å². The van der Waals surface area contributed by atoms with Crippen LogP contribution in [0.4, 0.5) is 0 Å². The molecule has 0 bridgehead atoms. The second kappa shape index (κ2) is 6.19. The lowest BCUT2D eigenvalue weighted by Crippen LogP contribution is -2.09. The van der Waals surface area contributed by atoms with Crippen LogP contribution in [-0.2, 0) is 10.5 Å². The molecule has 0 aliphatic carbocycles. The SMILES string of the molecule is CCC(=O)C(C)SSCc1ccco1. The van der Waals surface area contributed by atoms with E-state index in [0.29, 0.717) is 12.2 Å². The second-order valence-corrected chi connectivity index (χ2v) is 5.61. The van der Waals surface area contributed by atoms with Gasteiger partial charge in [0, 0.05) is 6.42 Å². The number of ketones is 1. The van der Waals surface area contributed by atoms with Gasteiger partial charge >= 0.3 is 0 Å². The van der Waals surface area contributed by atoms with Gasteiger partial charge in [-0.05, 0) is 19.1 Å². The van der Waals surface area contributed by atoms with Crippen molar-refractivity contribution in [2.24, 2.45) is 0 Å². The molecule has 0 aliphatic heterocycles. The van der Waals surface area contributed by atoms with E-state index in [4.69, 9.17) is 4.42 Å². The van der Waals surface area contributed by atoms with Gasteiger partial charge in [0.1, 0.15) is 11.5 Å². The quantitative estimate of drug-likeness (QED) is 0.699. The zero-order valence-electron chi connectivity index (χ0n) is 8.36. The fourth-order valence-electron chi connectivity index (χ4n) is 0.930. The molecule has 0 fully saturated rings. The zero-order valence-corrected chi connectivity index (χ0v) is 9.99. The first-order valence-corrected chi connectivity index (χ1v) is 6.95. The Morgan fingerprint density at radius 3 is 3.00 bits per heavy atom. The monoisotopic (exact) mass is 230 g/mol. The fourth-order valence-corrected chi connectivity index (χ4v) is 3.24. The summed E-state index contributed by atoms with van der Waals surface area (Å²) in [4.78, 5) is 11.2. The minimum absolute atomic E-state index is 0.0833. The van der Waals surface area contributed by atoms with Crippen LogP contribution in [0.5, 0.6) is 0 Å². The largest absolute Gasteiger partial charge is 0.468 e. The first-order valence-electron chi connectivity index (χ1n) is 4.57. The summed E-state index contributed by atoms with van der Waals surface area (Å²) < 4.78 is 5.18. The van der Waals surface area contributed by atoms with Crippen LogP contribution in [0.25, 0.3) is 0 Å². The standard InChI is InChI=1S/C10H14O2S2/c1-3-10(11)8(2)14-13-7-9-5-4-6-12-9/h4-6,8H,3,7H2,1-2H3. The third-order valence-corrected chi connectivity index (χ3v) is 4.51. The smallest absolute Gasteiger partial charge is 0.146 e. The van der Waals surface area contributed by atoms with Crippen molar-refractivity contribution in [3.63, 3.8) is 0 Å². The Balaban J connectivity index is 2.18. The summed E-state index contributed by atoms with van der Waals surface area (Å²) in [5.74, 6) is 2.08. The van der Waals surface area contributed by atoms with E-state index in [1.54, 1.807) is 27.9 Å². The zero-order chi connectivity index (χ0) is 10.4. The summed E-state index contributed by atoms with van der Waals surface area (Å²) in [5, 5.41) is 0.0833. The van der Waals surface area contributed by atoms with Gasteiger partial charge in [0.15, 0.2) is 0 Å². The van der Waals surface area contributed by atoms with E-state index in [0.717, 1.165) is 11.5 Å². The molecule has 0 N–H and O–H groups in total.